The zero-order chi connectivity index (χ0) is 14.4. The maximum absolute atomic E-state index is 13.0. The Labute approximate surface area is 118 Å². The van der Waals surface area contributed by atoms with Crippen molar-refractivity contribution in [1.29, 1.82) is 5.26 Å². The van der Waals surface area contributed by atoms with Gasteiger partial charge in [0.15, 0.2) is 0 Å². The Hall–Kier alpha value is -1.93. The van der Waals surface area contributed by atoms with Gasteiger partial charge < -0.3 is 10.6 Å². The van der Waals surface area contributed by atoms with E-state index in [1.165, 1.54) is 12.1 Å². The van der Waals surface area contributed by atoms with Gasteiger partial charge in [0.2, 0.25) is 5.91 Å². The molecule has 20 heavy (non-hydrogen) atoms. The molecule has 1 amide bonds. The standard InChI is InChI=1S/C15H18FN3O/c16-13-2-3-14(12(9-13)10-17)19-15(20)4-1-11-5-7-18-8-6-11/h2-3,9,11,18H,1,4-8H2,(H,19,20). The van der Waals surface area contributed by atoms with Crippen LogP contribution >= 0.6 is 0 Å². The number of halogens is 1. The van der Waals surface area contributed by atoms with Gasteiger partial charge in [-0.25, -0.2) is 4.39 Å². The molecule has 1 heterocycles. The normalized spacial score (nSPS) is 15.6. The molecule has 0 radical (unpaired) electrons. The Morgan fingerprint density at radius 1 is 1.45 bits per heavy atom. The average molecular weight is 275 g/mol. The molecule has 2 rings (SSSR count). The van der Waals surface area contributed by atoms with Crippen molar-refractivity contribution in [2.45, 2.75) is 25.7 Å². The van der Waals surface area contributed by atoms with Crippen LogP contribution in [-0.2, 0) is 4.79 Å². The van der Waals surface area contributed by atoms with Gasteiger partial charge in [0.25, 0.3) is 0 Å². The number of benzene rings is 1. The van der Waals surface area contributed by atoms with Crippen LogP contribution in [0.25, 0.3) is 0 Å². The van der Waals surface area contributed by atoms with Gasteiger partial charge in [0.1, 0.15) is 11.9 Å². The van der Waals surface area contributed by atoms with Crippen LogP contribution in [0.1, 0.15) is 31.2 Å². The molecule has 1 aliphatic rings. The number of hydrogen-bond donors (Lipinski definition) is 2. The first-order valence-electron chi connectivity index (χ1n) is 6.89. The zero-order valence-electron chi connectivity index (χ0n) is 11.3. The molecule has 2 N–H and O–H groups in total. The highest BCUT2D eigenvalue weighted by molar-refractivity contribution is 5.92. The van der Waals surface area contributed by atoms with E-state index in [-0.39, 0.29) is 11.5 Å². The van der Waals surface area contributed by atoms with Crippen LogP contribution in [0.5, 0.6) is 0 Å². The number of nitrogens with one attached hydrogen (secondary N) is 2. The van der Waals surface area contributed by atoms with Gasteiger partial charge >= 0.3 is 0 Å². The van der Waals surface area contributed by atoms with E-state index in [1.54, 1.807) is 0 Å². The second-order valence-corrected chi connectivity index (χ2v) is 5.08. The number of piperidine rings is 1. The summed E-state index contributed by atoms with van der Waals surface area (Å²) in [6, 6.07) is 5.68. The van der Waals surface area contributed by atoms with Crippen molar-refractivity contribution in [3.63, 3.8) is 0 Å². The minimum atomic E-state index is -0.478. The van der Waals surface area contributed by atoms with Gasteiger partial charge in [0.05, 0.1) is 11.3 Å². The van der Waals surface area contributed by atoms with E-state index in [4.69, 9.17) is 5.26 Å². The number of amides is 1. The molecule has 0 unspecified atom stereocenters. The molecular formula is C15H18FN3O. The van der Waals surface area contributed by atoms with E-state index in [0.717, 1.165) is 38.4 Å². The molecule has 0 atom stereocenters. The maximum Gasteiger partial charge on any atom is 0.224 e. The van der Waals surface area contributed by atoms with Crippen LogP contribution in [0, 0.1) is 23.1 Å². The molecule has 0 aromatic heterocycles. The minimum absolute atomic E-state index is 0.119. The smallest absolute Gasteiger partial charge is 0.224 e. The molecular weight excluding hydrogens is 257 g/mol. The Morgan fingerprint density at radius 2 is 2.20 bits per heavy atom. The summed E-state index contributed by atoms with van der Waals surface area (Å²) in [7, 11) is 0. The highest BCUT2D eigenvalue weighted by atomic mass is 19.1. The third-order valence-corrected chi connectivity index (χ3v) is 3.61. The summed E-state index contributed by atoms with van der Waals surface area (Å²) in [5, 5.41) is 14.9. The number of carbonyl (C=O) groups excluding carboxylic acids is 1. The molecule has 0 aliphatic carbocycles. The lowest BCUT2D eigenvalue weighted by Gasteiger charge is -2.22. The minimum Gasteiger partial charge on any atom is -0.325 e. The first-order valence-corrected chi connectivity index (χ1v) is 6.89. The molecule has 1 saturated heterocycles. The molecule has 0 saturated carbocycles. The molecule has 0 spiro atoms. The fourth-order valence-corrected chi connectivity index (χ4v) is 2.44. The van der Waals surface area contributed by atoms with Gasteiger partial charge in [0, 0.05) is 6.42 Å². The summed E-state index contributed by atoms with van der Waals surface area (Å²) in [6.45, 7) is 2.03. The van der Waals surface area contributed by atoms with Crippen molar-refractivity contribution in [2.24, 2.45) is 5.92 Å². The first kappa shape index (κ1) is 14.5. The summed E-state index contributed by atoms with van der Waals surface area (Å²) < 4.78 is 13.0. The molecule has 0 bridgehead atoms. The summed E-state index contributed by atoms with van der Waals surface area (Å²) >= 11 is 0. The Morgan fingerprint density at radius 3 is 2.90 bits per heavy atom. The second-order valence-electron chi connectivity index (χ2n) is 5.08. The molecule has 5 heteroatoms. The summed E-state index contributed by atoms with van der Waals surface area (Å²) in [5.41, 5.74) is 0.532. The summed E-state index contributed by atoms with van der Waals surface area (Å²) in [6.07, 6.45) is 3.50. The van der Waals surface area contributed by atoms with Crippen LogP contribution in [0.4, 0.5) is 10.1 Å². The number of anilines is 1. The van der Waals surface area contributed by atoms with Crippen molar-refractivity contribution in [3.05, 3.63) is 29.6 Å². The fraction of sp³-hybridized carbons (Fsp3) is 0.467. The third kappa shape index (κ3) is 4.04. The van der Waals surface area contributed by atoms with E-state index in [9.17, 15) is 9.18 Å². The van der Waals surface area contributed by atoms with Gasteiger partial charge in [-0.3, -0.25) is 4.79 Å². The largest absolute Gasteiger partial charge is 0.325 e. The Balaban J connectivity index is 1.86. The number of rotatable bonds is 4. The highest BCUT2D eigenvalue weighted by Gasteiger charge is 2.15. The molecule has 1 aromatic rings. The SMILES string of the molecule is N#Cc1cc(F)ccc1NC(=O)CCC1CCNCC1. The molecule has 1 aromatic carbocycles. The number of carbonyl (C=O) groups is 1. The predicted molar refractivity (Wildman–Crippen MR) is 74.6 cm³/mol. The summed E-state index contributed by atoms with van der Waals surface area (Å²) in [5.74, 6) is -0.00782. The predicted octanol–water partition coefficient (Wildman–Crippen LogP) is 2.42. The van der Waals surface area contributed by atoms with E-state index in [1.807, 2.05) is 6.07 Å². The summed E-state index contributed by atoms with van der Waals surface area (Å²) in [4.78, 5) is 11.9. The van der Waals surface area contributed by atoms with Crippen LogP contribution in [0.15, 0.2) is 18.2 Å². The van der Waals surface area contributed by atoms with Gasteiger partial charge in [-0.1, -0.05) is 0 Å². The molecule has 4 nitrogen and oxygen atoms in total. The maximum atomic E-state index is 13.0. The lowest BCUT2D eigenvalue weighted by Crippen LogP contribution is -2.28. The average Bonchev–Trinajstić information content (AvgIpc) is 2.48. The van der Waals surface area contributed by atoms with Crippen LogP contribution in [0.2, 0.25) is 0 Å². The Bertz CT molecular complexity index is 518. The van der Waals surface area contributed by atoms with E-state index < -0.39 is 5.82 Å². The highest BCUT2D eigenvalue weighted by Crippen LogP contribution is 2.20. The fourth-order valence-electron chi connectivity index (χ4n) is 2.44. The number of nitrogens with zero attached hydrogens (tertiary/aromatic N) is 1. The van der Waals surface area contributed by atoms with Crippen molar-refractivity contribution in [1.82, 2.24) is 5.32 Å². The van der Waals surface area contributed by atoms with E-state index in [2.05, 4.69) is 10.6 Å². The van der Waals surface area contributed by atoms with Crippen molar-refractivity contribution in [2.75, 3.05) is 18.4 Å². The van der Waals surface area contributed by atoms with E-state index >= 15 is 0 Å². The first-order chi connectivity index (χ1) is 9.69. The monoisotopic (exact) mass is 275 g/mol. The lowest BCUT2D eigenvalue weighted by atomic mass is 9.93. The van der Waals surface area contributed by atoms with Gasteiger partial charge in [-0.15, -0.1) is 0 Å². The number of nitriles is 1. The van der Waals surface area contributed by atoms with Crippen molar-refractivity contribution < 1.29 is 9.18 Å². The topological polar surface area (TPSA) is 64.9 Å². The quantitative estimate of drug-likeness (QED) is 0.887. The van der Waals surface area contributed by atoms with Crippen molar-refractivity contribution >= 4 is 11.6 Å². The molecule has 106 valence electrons. The zero-order valence-corrected chi connectivity index (χ0v) is 11.3. The van der Waals surface area contributed by atoms with Gasteiger partial charge in [-0.2, -0.15) is 5.26 Å². The Kier molecular flexibility index (Phi) is 5.08. The lowest BCUT2D eigenvalue weighted by molar-refractivity contribution is -0.116. The second kappa shape index (κ2) is 7.01. The van der Waals surface area contributed by atoms with Crippen LogP contribution in [-0.4, -0.2) is 19.0 Å². The molecule has 1 fully saturated rings. The van der Waals surface area contributed by atoms with E-state index in [0.29, 0.717) is 18.0 Å². The number of hydrogen-bond acceptors (Lipinski definition) is 3. The van der Waals surface area contributed by atoms with Crippen LogP contribution < -0.4 is 10.6 Å². The molecule has 1 aliphatic heterocycles. The van der Waals surface area contributed by atoms with Crippen LogP contribution in [0.3, 0.4) is 0 Å². The van der Waals surface area contributed by atoms with Crippen molar-refractivity contribution in [3.8, 4) is 6.07 Å². The third-order valence-electron chi connectivity index (χ3n) is 3.61. The van der Waals surface area contributed by atoms with Gasteiger partial charge in [-0.05, 0) is 56.5 Å².